The number of imidazole rings is 1. The molecule has 0 bridgehead atoms. The van der Waals surface area contributed by atoms with Gasteiger partial charge < -0.3 is 5.32 Å². The third kappa shape index (κ3) is 2.85. The second kappa shape index (κ2) is 6.16. The van der Waals surface area contributed by atoms with Crippen molar-refractivity contribution in [3.05, 3.63) is 60.8 Å². The summed E-state index contributed by atoms with van der Waals surface area (Å²) >= 11 is 0. The third-order valence-corrected chi connectivity index (χ3v) is 3.83. The summed E-state index contributed by atoms with van der Waals surface area (Å²) in [6, 6.07) is 11.1. The number of amides is 1. The highest BCUT2D eigenvalue weighted by atomic mass is 16.2. The largest absolute Gasteiger partial charge is 0.321 e. The number of anilines is 1. The second-order valence-corrected chi connectivity index (χ2v) is 5.50. The van der Waals surface area contributed by atoms with E-state index < -0.39 is 0 Å². The number of nitrogens with zero attached hydrogens (tertiary/aromatic N) is 6. The maximum absolute atomic E-state index is 12.5. The lowest BCUT2D eigenvalue weighted by molar-refractivity contribution is -0.116. The van der Waals surface area contributed by atoms with Gasteiger partial charge in [0, 0.05) is 18.6 Å². The fourth-order valence-corrected chi connectivity index (χ4v) is 2.65. The molecular weight excluding hydrogens is 318 g/mol. The molecule has 1 N–H and O–H groups in total. The predicted molar refractivity (Wildman–Crippen MR) is 92.3 cm³/mol. The van der Waals surface area contributed by atoms with Gasteiger partial charge in [0.25, 0.3) is 0 Å². The van der Waals surface area contributed by atoms with E-state index in [9.17, 15) is 4.79 Å². The van der Waals surface area contributed by atoms with E-state index in [-0.39, 0.29) is 12.5 Å². The molecule has 8 heteroatoms. The molecule has 0 atom stereocenters. The number of rotatable bonds is 4. The van der Waals surface area contributed by atoms with Crippen molar-refractivity contribution in [3.8, 4) is 5.82 Å². The molecule has 4 rings (SSSR count). The Labute approximate surface area is 143 Å². The molecule has 0 aliphatic carbocycles. The highest BCUT2D eigenvalue weighted by molar-refractivity contribution is 5.93. The highest BCUT2D eigenvalue weighted by Crippen LogP contribution is 2.18. The van der Waals surface area contributed by atoms with Gasteiger partial charge in [-0.1, -0.05) is 17.3 Å². The van der Waals surface area contributed by atoms with Crippen LogP contribution in [0.3, 0.4) is 0 Å². The summed E-state index contributed by atoms with van der Waals surface area (Å²) in [5, 5.41) is 11.0. The summed E-state index contributed by atoms with van der Waals surface area (Å²) in [6.45, 7) is 1.94. The lowest BCUT2D eigenvalue weighted by Gasteiger charge is -2.11. The van der Waals surface area contributed by atoms with Crippen LogP contribution in [0.15, 0.2) is 55.0 Å². The van der Waals surface area contributed by atoms with Gasteiger partial charge in [0.05, 0.1) is 11.2 Å². The minimum absolute atomic E-state index is 0.0672. The first-order chi connectivity index (χ1) is 12.2. The number of pyridine rings is 1. The molecule has 0 aliphatic rings. The number of aryl methyl sites for hydroxylation is 1. The first kappa shape index (κ1) is 15.0. The summed E-state index contributed by atoms with van der Waals surface area (Å²) in [6.07, 6.45) is 5.17. The fraction of sp³-hybridized carbons (Fsp3) is 0.118. The Morgan fingerprint density at radius 1 is 1.12 bits per heavy atom. The van der Waals surface area contributed by atoms with Crippen LogP contribution in [0.5, 0.6) is 0 Å². The van der Waals surface area contributed by atoms with Crippen molar-refractivity contribution >= 4 is 22.6 Å². The van der Waals surface area contributed by atoms with Gasteiger partial charge in [0.1, 0.15) is 17.9 Å². The van der Waals surface area contributed by atoms with Crippen LogP contribution in [0.25, 0.3) is 16.9 Å². The maximum atomic E-state index is 12.5. The van der Waals surface area contributed by atoms with E-state index in [0.29, 0.717) is 11.5 Å². The summed E-state index contributed by atoms with van der Waals surface area (Å²) in [7, 11) is 0. The Kier molecular flexibility index (Phi) is 3.70. The minimum Gasteiger partial charge on any atom is -0.321 e. The van der Waals surface area contributed by atoms with Crippen LogP contribution in [0.2, 0.25) is 0 Å². The van der Waals surface area contributed by atoms with Gasteiger partial charge >= 0.3 is 0 Å². The van der Waals surface area contributed by atoms with Gasteiger partial charge in [-0.2, -0.15) is 0 Å². The monoisotopic (exact) mass is 333 g/mol. The standard InChI is InChI=1S/C17H15N7O/c1-12-18-9-10-23(12)17-14(6-4-8-19-17)20-16(25)11-24-15-7-3-2-5-13(15)21-22-24/h2-10H,11H2,1H3,(H,20,25). The molecule has 1 aromatic carbocycles. The first-order valence-electron chi connectivity index (χ1n) is 7.76. The van der Waals surface area contributed by atoms with Gasteiger partial charge in [0.2, 0.25) is 5.91 Å². The topological polar surface area (TPSA) is 90.5 Å². The van der Waals surface area contributed by atoms with Crippen LogP contribution in [0.4, 0.5) is 5.69 Å². The normalized spacial score (nSPS) is 10.9. The van der Waals surface area contributed by atoms with E-state index in [1.165, 1.54) is 0 Å². The van der Waals surface area contributed by atoms with E-state index in [4.69, 9.17) is 0 Å². The number of para-hydroxylation sites is 1. The Morgan fingerprint density at radius 3 is 2.84 bits per heavy atom. The average molecular weight is 333 g/mol. The molecule has 0 unspecified atom stereocenters. The Balaban J connectivity index is 1.59. The minimum atomic E-state index is -0.206. The first-order valence-corrected chi connectivity index (χ1v) is 7.76. The van der Waals surface area contributed by atoms with E-state index in [1.54, 1.807) is 35.4 Å². The van der Waals surface area contributed by atoms with Crippen molar-refractivity contribution in [1.29, 1.82) is 0 Å². The van der Waals surface area contributed by atoms with Crippen molar-refractivity contribution in [2.75, 3.05) is 5.32 Å². The zero-order chi connectivity index (χ0) is 17.2. The molecule has 124 valence electrons. The smallest absolute Gasteiger partial charge is 0.246 e. The molecule has 3 heterocycles. The summed E-state index contributed by atoms with van der Waals surface area (Å²) in [5.74, 6) is 1.20. The van der Waals surface area contributed by atoms with Crippen LogP contribution in [0.1, 0.15) is 5.82 Å². The summed E-state index contributed by atoms with van der Waals surface area (Å²) < 4.78 is 3.39. The molecule has 8 nitrogen and oxygen atoms in total. The van der Waals surface area contributed by atoms with E-state index >= 15 is 0 Å². The van der Waals surface area contributed by atoms with Gasteiger partial charge in [-0.15, -0.1) is 5.10 Å². The number of nitrogens with one attached hydrogen (secondary N) is 1. The van der Waals surface area contributed by atoms with Crippen LogP contribution in [-0.2, 0) is 11.3 Å². The molecule has 25 heavy (non-hydrogen) atoms. The van der Waals surface area contributed by atoms with E-state index in [1.807, 2.05) is 35.8 Å². The predicted octanol–water partition coefficient (Wildman–Crippen LogP) is 1.96. The molecule has 0 fully saturated rings. The number of hydrogen-bond donors (Lipinski definition) is 1. The van der Waals surface area contributed by atoms with Crippen LogP contribution in [0, 0.1) is 6.92 Å². The van der Waals surface area contributed by atoms with E-state index in [0.717, 1.165) is 16.9 Å². The quantitative estimate of drug-likeness (QED) is 0.616. The van der Waals surface area contributed by atoms with Crippen molar-refractivity contribution < 1.29 is 4.79 Å². The molecule has 0 spiro atoms. The zero-order valence-electron chi connectivity index (χ0n) is 13.5. The lowest BCUT2D eigenvalue weighted by atomic mass is 10.3. The second-order valence-electron chi connectivity index (χ2n) is 5.50. The summed E-state index contributed by atoms with van der Waals surface area (Å²) in [5.41, 5.74) is 2.18. The average Bonchev–Trinajstić information content (AvgIpc) is 3.22. The van der Waals surface area contributed by atoms with Gasteiger partial charge in [-0.3, -0.25) is 9.36 Å². The zero-order valence-corrected chi connectivity index (χ0v) is 13.5. The molecule has 1 amide bonds. The van der Waals surface area contributed by atoms with E-state index in [2.05, 4.69) is 25.6 Å². The Morgan fingerprint density at radius 2 is 2.00 bits per heavy atom. The Hall–Kier alpha value is -3.55. The van der Waals surface area contributed by atoms with Crippen molar-refractivity contribution in [3.63, 3.8) is 0 Å². The number of aromatic nitrogens is 6. The fourth-order valence-electron chi connectivity index (χ4n) is 2.65. The van der Waals surface area contributed by atoms with Crippen LogP contribution < -0.4 is 5.32 Å². The number of carbonyl (C=O) groups excluding carboxylic acids is 1. The lowest BCUT2D eigenvalue weighted by Crippen LogP contribution is -2.21. The highest BCUT2D eigenvalue weighted by Gasteiger charge is 2.13. The molecule has 0 saturated carbocycles. The van der Waals surface area contributed by atoms with Crippen molar-refractivity contribution in [2.45, 2.75) is 13.5 Å². The maximum Gasteiger partial charge on any atom is 0.246 e. The van der Waals surface area contributed by atoms with Gasteiger partial charge in [-0.05, 0) is 31.2 Å². The summed E-state index contributed by atoms with van der Waals surface area (Å²) in [4.78, 5) is 21.0. The number of benzene rings is 1. The molecule has 4 aromatic rings. The molecule has 0 radical (unpaired) electrons. The van der Waals surface area contributed by atoms with Gasteiger partial charge in [-0.25, -0.2) is 14.6 Å². The van der Waals surface area contributed by atoms with Crippen LogP contribution >= 0.6 is 0 Å². The number of carbonyl (C=O) groups is 1. The van der Waals surface area contributed by atoms with Gasteiger partial charge in [0.15, 0.2) is 5.82 Å². The molecular formula is C17H15N7O. The molecule has 0 saturated heterocycles. The molecule has 3 aromatic heterocycles. The van der Waals surface area contributed by atoms with Crippen molar-refractivity contribution in [2.24, 2.45) is 0 Å². The number of fused-ring (bicyclic) bond motifs is 1. The van der Waals surface area contributed by atoms with Crippen LogP contribution in [-0.4, -0.2) is 35.4 Å². The molecule has 0 aliphatic heterocycles. The van der Waals surface area contributed by atoms with Crippen molar-refractivity contribution in [1.82, 2.24) is 29.5 Å². The Bertz CT molecular complexity index is 1050. The number of hydrogen-bond acceptors (Lipinski definition) is 5. The SMILES string of the molecule is Cc1nccn1-c1ncccc1NC(=O)Cn1nnc2ccccc21. The third-order valence-electron chi connectivity index (χ3n) is 3.83.